The number of carbonyl (C=O) groups is 1. The minimum absolute atomic E-state index is 0.131. The molecule has 0 aliphatic heterocycles. The van der Waals surface area contributed by atoms with Gasteiger partial charge in [0.2, 0.25) is 0 Å². The maximum atomic E-state index is 12.3. The zero-order valence-electron chi connectivity index (χ0n) is 11.7. The van der Waals surface area contributed by atoms with Gasteiger partial charge in [-0.2, -0.15) is 0 Å². The van der Waals surface area contributed by atoms with Crippen molar-refractivity contribution in [2.45, 2.75) is 0 Å². The molecule has 0 saturated heterocycles. The molecule has 0 heterocycles. The van der Waals surface area contributed by atoms with Crippen LogP contribution < -0.4 is 10.1 Å². The van der Waals surface area contributed by atoms with Crippen LogP contribution in [-0.4, -0.2) is 13.0 Å². The summed E-state index contributed by atoms with van der Waals surface area (Å²) in [5.74, 6) is 0.584. The van der Waals surface area contributed by atoms with Gasteiger partial charge in [-0.1, -0.05) is 36.4 Å². The van der Waals surface area contributed by atoms with Crippen molar-refractivity contribution >= 4 is 22.4 Å². The molecule has 3 aromatic rings. The Bertz CT molecular complexity index is 796. The fraction of sp³-hybridized carbons (Fsp3) is 0.0556. The van der Waals surface area contributed by atoms with Crippen molar-refractivity contribution in [2.75, 3.05) is 12.4 Å². The van der Waals surface area contributed by atoms with Gasteiger partial charge in [0.25, 0.3) is 5.91 Å². The molecule has 21 heavy (non-hydrogen) atoms. The minimum atomic E-state index is -0.131. The van der Waals surface area contributed by atoms with Gasteiger partial charge in [-0.15, -0.1) is 0 Å². The fourth-order valence-corrected chi connectivity index (χ4v) is 2.23. The zero-order valence-corrected chi connectivity index (χ0v) is 11.7. The SMILES string of the molecule is COc1cccc(NC(=O)c2ccc3ccccc3c2)c1. The van der Waals surface area contributed by atoms with Crippen LogP contribution in [0.15, 0.2) is 66.7 Å². The maximum Gasteiger partial charge on any atom is 0.255 e. The number of anilines is 1. The van der Waals surface area contributed by atoms with E-state index >= 15 is 0 Å². The van der Waals surface area contributed by atoms with Gasteiger partial charge in [-0.25, -0.2) is 0 Å². The van der Waals surface area contributed by atoms with E-state index in [4.69, 9.17) is 4.74 Å². The number of ether oxygens (including phenoxy) is 1. The number of nitrogens with one attached hydrogen (secondary N) is 1. The predicted molar refractivity (Wildman–Crippen MR) is 84.9 cm³/mol. The van der Waals surface area contributed by atoms with Crippen LogP contribution in [0.25, 0.3) is 10.8 Å². The highest BCUT2D eigenvalue weighted by molar-refractivity contribution is 6.06. The molecule has 0 unspecified atom stereocenters. The van der Waals surface area contributed by atoms with Gasteiger partial charge >= 0.3 is 0 Å². The Morgan fingerprint density at radius 3 is 2.52 bits per heavy atom. The smallest absolute Gasteiger partial charge is 0.255 e. The highest BCUT2D eigenvalue weighted by Crippen LogP contribution is 2.19. The molecule has 0 fully saturated rings. The first-order valence-electron chi connectivity index (χ1n) is 6.70. The highest BCUT2D eigenvalue weighted by atomic mass is 16.5. The molecule has 104 valence electrons. The molecule has 0 bridgehead atoms. The molecular formula is C18H15NO2. The number of carbonyl (C=O) groups excluding carboxylic acids is 1. The van der Waals surface area contributed by atoms with Crippen LogP contribution in [-0.2, 0) is 0 Å². The summed E-state index contributed by atoms with van der Waals surface area (Å²) in [6, 6.07) is 21.0. The molecule has 0 aliphatic carbocycles. The monoisotopic (exact) mass is 277 g/mol. The lowest BCUT2D eigenvalue weighted by Crippen LogP contribution is -2.11. The summed E-state index contributed by atoms with van der Waals surface area (Å²) in [4.78, 5) is 12.3. The molecule has 0 atom stereocenters. The summed E-state index contributed by atoms with van der Waals surface area (Å²) in [5.41, 5.74) is 1.35. The van der Waals surface area contributed by atoms with E-state index in [1.807, 2.05) is 60.7 Å². The van der Waals surface area contributed by atoms with Crippen LogP contribution in [0.5, 0.6) is 5.75 Å². The van der Waals surface area contributed by atoms with Gasteiger partial charge in [-0.3, -0.25) is 4.79 Å². The third kappa shape index (κ3) is 2.87. The van der Waals surface area contributed by atoms with Crippen molar-refractivity contribution < 1.29 is 9.53 Å². The number of benzene rings is 3. The minimum Gasteiger partial charge on any atom is -0.497 e. The molecule has 0 radical (unpaired) electrons. The van der Waals surface area contributed by atoms with Gasteiger partial charge in [0.15, 0.2) is 0 Å². The van der Waals surface area contributed by atoms with Gasteiger partial charge in [0, 0.05) is 17.3 Å². The molecule has 1 N–H and O–H groups in total. The number of amides is 1. The van der Waals surface area contributed by atoms with Crippen LogP contribution in [0.3, 0.4) is 0 Å². The Labute approximate surface area is 123 Å². The molecule has 3 aromatic carbocycles. The van der Waals surface area contributed by atoms with Gasteiger partial charge < -0.3 is 10.1 Å². The summed E-state index contributed by atoms with van der Waals surface area (Å²) < 4.78 is 5.15. The Balaban J connectivity index is 1.86. The topological polar surface area (TPSA) is 38.3 Å². The first-order valence-corrected chi connectivity index (χ1v) is 6.70. The van der Waals surface area contributed by atoms with E-state index in [0.717, 1.165) is 10.8 Å². The largest absolute Gasteiger partial charge is 0.497 e. The van der Waals surface area contributed by atoms with Crippen molar-refractivity contribution in [1.82, 2.24) is 0 Å². The second kappa shape index (κ2) is 5.67. The lowest BCUT2D eigenvalue weighted by atomic mass is 10.1. The standard InChI is InChI=1S/C18H15NO2/c1-21-17-8-4-7-16(12-17)19-18(20)15-10-9-13-5-2-3-6-14(13)11-15/h2-12H,1H3,(H,19,20). The van der Waals surface area contributed by atoms with Crippen molar-refractivity contribution in [1.29, 1.82) is 0 Å². The van der Waals surface area contributed by atoms with Crippen LogP contribution in [0.2, 0.25) is 0 Å². The molecule has 0 aliphatic rings. The van der Waals surface area contributed by atoms with E-state index in [1.54, 1.807) is 13.2 Å². The zero-order chi connectivity index (χ0) is 14.7. The molecule has 0 saturated carbocycles. The number of hydrogen-bond acceptors (Lipinski definition) is 2. The fourth-order valence-electron chi connectivity index (χ4n) is 2.23. The van der Waals surface area contributed by atoms with E-state index in [0.29, 0.717) is 17.0 Å². The molecule has 3 heteroatoms. The van der Waals surface area contributed by atoms with E-state index in [1.165, 1.54) is 0 Å². The number of hydrogen-bond donors (Lipinski definition) is 1. The van der Waals surface area contributed by atoms with Crippen molar-refractivity contribution in [3.8, 4) is 5.75 Å². The van der Waals surface area contributed by atoms with Gasteiger partial charge in [0.05, 0.1) is 7.11 Å². The Kier molecular flexibility index (Phi) is 3.56. The van der Waals surface area contributed by atoms with E-state index in [9.17, 15) is 4.79 Å². The average molecular weight is 277 g/mol. The number of fused-ring (bicyclic) bond motifs is 1. The average Bonchev–Trinajstić information content (AvgIpc) is 2.54. The normalized spacial score (nSPS) is 10.3. The lowest BCUT2D eigenvalue weighted by molar-refractivity contribution is 0.102. The molecule has 3 rings (SSSR count). The second-order valence-electron chi connectivity index (χ2n) is 4.75. The summed E-state index contributed by atoms with van der Waals surface area (Å²) >= 11 is 0. The van der Waals surface area contributed by atoms with Crippen molar-refractivity contribution in [3.63, 3.8) is 0 Å². The predicted octanol–water partition coefficient (Wildman–Crippen LogP) is 4.10. The van der Waals surface area contributed by atoms with Gasteiger partial charge in [-0.05, 0) is 35.0 Å². The summed E-state index contributed by atoms with van der Waals surface area (Å²) in [6.07, 6.45) is 0. The lowest BCUT2D eigenvalue weighted by Gasteiger charge is -2.08. The van der Waals surface area contributed by atoms with Crippen molar-refractivity contribution in [2.24, 2.45) is 0 Å². The molecule has 1 amide bonds. The third-order valence-corrected chi connectivity index (χ3v) is 3.34. The van der Waals surface area contributed by atoms with E-state index in [2.05, 4.69) is 5.32 Å². The van der Waals surface area contributed by atoms with Crippen LogP contribution in [0.1, 0.15) is 10.4 Å². The Morgan fingerprint density at radius 1 is 0.905 bits per heavy atom. The Morgan fingerprint density at radius 2 is 1.71 bits per heavy atom. The van der Waals surface area contributed by atoms with Crippen LogP contribution >= 0.6 is 0 Å². The van der Waals surface area contributed by atoms with Crippen molar-refractivity contribution in [3.05, 3.63) is 72.3 Å². The number of methoxy groups -OCH3 is 1. The summed E-state index contributed by atoms with van der Waals surface area (Å²) in [6.45, 7) is 0. The molecule has 0 aromatic heterocycles. The maximum absolute atomic E-state index is 12.3. The van der Waals surface area contributed by atoms with Crippen LogP contribution in [0, 0.1) is 0 Å². The molecular weight excluding hydrogens is 262 g/mol. The quantitative estimate of drug-likeness (QED) is 0.782. The molecule has 3 nitrogen and oxygen atoms in total. The van der Waals surface area contributed by atoms with E-state index < -0.39 is 0 Å². The van der Waals surface area contributed by atoms with Gasteiger partial charge in [0.1, 0.15) is 5.75 Å². The van der Waals surface area contributed by atoms with E-state index in [-0.39, 0.29) is 5.91 Å². The highest BCUT2D eigenvalue weighted by Gasteiger charge is 2.07. The first-order chi connectivity index (χ1) is 10.3. The second-order valence-corrected chi connectivity index (χ2v) is 4.75. The number of rotatable bonds is 3. The molecule has 0 spiro atoms. The van der Waals surface area contributed by atoms with Crippen LogP contribution in [0.4, 0.5) is 5.69 Å². The first kappa shape index (κ1) is 13.2. The Hall–Kier alpha value is -2.81. The third-order valence-electron chi connectivity index (χ3n) is 3.34. The summed E-state index contributed by atoms with van der Waals surface area (Å²) in [7, 11) is 1.60. The summed E-state index contributed by atoms with van der Waals surface area (Å²) in [5, 5.41) is 5.05.